The third kappa shape index (κ3) is 4.56. The van der Waals surface area contributed by atoms with Crippen molar-refractivity contribution < 1.29 is 23.5 Å². The summed E-state index contributed by atoms with van der Waals surface area (Å²) in [5, 5.41) is 7.48. The molecule has 0 radical (unpaired) electrons. The first-order valence-corrected chi connectivity index (χ1v) is 11.7. The molecule has 8 nitrogen and oxygen atoms in total. The fourth-order valence-corrected chi connectivity index (χ4v) is 4.72. The standard InChI is InChI=1S/C26H27FN4O4/c1-17-23(19-3-7-21(27)8-4-19)24(28-18(2)32)31(29-17)22-9-5-20(6-10-22)25(33)30-13-11-26(12-14-30)34-15-16-35-26/h3-10H,11-16H2,1-2H3,(H,28,32). The van der Waals surface area contributed by atoms with Crippen LogP contribution in [0.3, 0.4) is 0 Å². The minimum Gasteiger partial charge on any atom is -0.347 e. The highest BCUT2D eigenvalue weighted by molar-refractivity contribution is 5.95. The number of rotatable bonds is 4. The van der Waals surface area contributed by atoms with E-state index in [0.29, 0.717) is 67.5 Å². The second kappa shape index (κ2) is 9.24. The predicted molar refractivity (Wildman–Crippen MR) is 128 cm³/mol. The number of piperidine rings is 1. The Bertz CT molecular complexity index is 1240. The molecule has 2 aliphatic rings. The summed E-state index contributed by atoms with van der Waals surface area (Å²) in [5.41, 5.74) is 3.38. The van der Waals surface area contributed by atoms with Crippen molar-refractivity contribution in [1.29, 1.82) is 0 Å². The van der Waals surface area contributed by atoms with Gasteiger partial charge in [0.25, 0.3) is 5.91 Å². The number of anilines is 1. The van der Waals surface area contributed by atoms with E-state index < -0.39 is 5.79 Å². The monoisotopic (exact) mass is 478 g/mol. The molecule has 0 bridgehead atoms. The predicted octanol–water partition coefficient (Wildman–Crippen LogP) is 3.92. The average Bonchev–Trinajstić information content (AvgIpc) is 3.44. The van der Waals surface area contributed by atoms with E-state index in [9.17, 15) is 14.0 Å². The molecule has 3 heterocycles. The average molecular weight is 479 g/mol. The fourth-order valence-electron chi connectivity index (χ4n) is 4.72. The van der Waals surface area contributed by atoms with Crippen molar-refractivity contribution in [3.05, 3.63) is 65.6 Å². The molecule has 2 amide bonds. The summed E-state index contributed by atoms with van der Waals surface area (Å²) in [4.78, 5) is 26.9. The Kier molecular flexibility index (Phi) is 6.12. The van der Waals surface area contributed by atoms with Crippen LogP contribution in [0.4, 0.5) is 10.2 Å². The van der Waals surface area contributed by atoms with Crippen LogP contribution in [0, 0.1) is 12.7 Å². The fraction of sp³-hybridized carbons (Fsp3) is 0.346. The van der Waals surface area contributed by atoms with Gasteiger partial charge in [0.15, 0.2) is 5.79 Å². The van der Waals surface area contributed by atoms with Gasteiger partial charge < -0.3 is 19.7 Å². The number of hydrogen-bond acceptors (Lipinski definition) is 5. The van der Waals surface area contributed by atoms with Gasteiger partial charge in [-0.15, -0.1) is 0 Å². The number of amides is 2. The zero-order valence-electron chi connectivity index (χ0n) is 19.7. The number of aryl methyl sites for hydroxylation is 1. The van der Waals surface area contributed by atoms with Gasteiger partial charge in [0.2, 0.25) is 5.91 Å². The van der Waals surface area contributed by atoms with Gasteiger partial charge in [-0.3, -0.25) is 9.59 Å². The quantitative estimate of drug-likeness (QED) is 0.614. The van der Waals surface area contributed by atoms with E-state index >= 15 is 0 Å². The molecule has 1 N–H and O–H groups in total. The molecule has 1 aromatic heterocycles. The number of nitrogens with one attached hydrogen (secondary N) is 1. The number of carbonyl (C=O) groups excluding carboxylic acids is 2. The van der Waals surface area contributed by atoms with Gasteiger partial charge in [0, 0.05) is 44.0 Å². The lowest BCUT2D eigenvalue weighted by Gasteiger charge is -2.37. The van der Waals surface area contributed by atoms with E-state index in [1.165, 1.54) is 19.1 Å². The van der Waals surface area contributed by atoms with Crippen LogP contribution in [-0.2, 0) is 14.3 Å². The normalized spacial score (nSPS) is 17.1. The molecule has 3 aromatic rings. The highest BCUT2D eigenvalue weighted by Gasteiger charge is 2.40. The molecule has 2 saturated heterocycles. The Morgan fingerprint density at radius 1 is 1.00 bits per heavy atom. The number of hydrogen-bond donors (Lipinski definition) is 1. The number of benzene rings is 2. The second-order valence-corrected chi connectivity index (χ2v) is 8.86. The third-order valence-corrected chi connectivity index (χ3v) is 6.47. The minimum absolute atomic E-state index is 0.0462. The largest absolute Gasteiger partial charge is 0.347 e. The molecule has 9 heteroatoms. The van der Waals surface area contributed by atoms with Crippen molar-refractivity contribution in [2.24, 2.45) is 0 Å². The smallest absolute Gasteiger partial charge is 0.253 e. The van der Waals surface area contributed by atoms with Crippen molar-refractivity contribution >= 4 is 17.6 Å². The van der Waals surface area contributed by atoms with Gasteiger partial charge in [-0.05, 0) is 48.9 Å². The minimum atomic E-state index is -0.527. The summed E-state index contributed by atoms with van der Waals surface area (Å²) in [5.74, 6) is -0.679. The molecule has 2 aromatic carbocycles. The summed E-state index contributed by atoms with van der Waals surface area (Å²) in [6.07, 6.45) is 1.32. The molecular formula is C26H27FN4O4. The highest BCUT2D eigenvalue weighted by atomic mass is 19.1. The SMILES string of the molecule is CC(=O)Nc1c(-c2ccc(F)cc2)c(C)nn1-c1ccc(C(=O)N2CCC3(CC2)OCCO3)cc1. The van der Waals surface area contributed by atoms with Crippen LogP contribution in [-0.4, -0.2) is 58.6 Å². The van der Waals surface area contributed by atoms with Gasteiger partial charge in [-0.25, -0.2) is 9.07 Å². The number of halogens is 1. The lowest BCUT2D eigenvalue weighted by atomic mass is 10.0. The molecule has 0 aliphatic carbocycles. The Labute approximate surface area is 202 Å². The van der Waals surface area contributed by atoms with E-state index in [1.807, 2.05) is 11.8 Å². The van der Waals surface area contributed by atoms with Gasteiger partial charge in [0.05, 0.1) is 24.6 Å². The first-order valence-electron chi connectivity index (χ1n) is 11.7. The van der Waals surface area contributed by atoms with Crippen LogP contribution in [0.2, 0.25) is 0 Å². The number of aromatic nitrogens is 2. The van der Waals surface area contributed by atoms with Crippen molar-refractivity contribution in [2.45, 2.75) is 32.5 Å². The molecule has 35 heavy (non-hydrogen) atoms. The summed E-state index contributed by atoms with van der Waals surface area (Å²) < 4.78 is 26.6. The number of carbonyl (C=O) groups is 2. The third-order valence-electron chi connectivity index (χ3n) is 6.47. The van der Waals surface area contributed by atoms with E-state index in [4.69, 9.17) is 9.47 Å². The number of ether oxygens (including phenoxy) is 2. The van der Waals surface area contributed by atoms with Crippen molar-refractivity contribution in [3.8, 4) is 16.8 Å². The van der Waals surface area contributed by atoms with Gasteiger partial charge in [0.1, 0.15) is 11.6 Å². The Morgan fingerprint density at radius 3 is 2.23 bits per heavy atom. The summed E-state index contributed by atoms with van der Waals surface area (Å²) in [6.45, 7) is 5.61. The lowest BCUT2D eigenvalue weighted by molar-refractivity contribution is -0.181. The Balaban J connectivity index is 1.40. The molecule has 2 fully saturated rings. The summed E-state index contributed by atoms with van der Waals surface area (Å²) in [6, 6.07) is 13.2. The second-order valence-electron chi connectivity index (χ2n) is 8.86. The van der Waals surface area contributed by atoms with Crippen LogP contribution >= 0.6 is 0 Å². The first-order chi connectivity index (χ1) is 16.8. The van der Waals surface area contributed by atoms with Crippen LogP contribution in [0.5, 0.6) is 0 Å². The molecule has 182 valence electrons. The molecule has 0 saturated carbocycles. The van der Waals surface area contributed by atoms with Crippen molar-refractivity contribution in [2.75, 3.05) is 31.6 Å². The van der Waals surface area contributed by atoms with E-state index in [2.05, 4.69) is 10.4 Å². The highest BCUT2D eigenvalue weighted by Crippen LogP contribution is 2.34. The first kappa shape index (κ1) is 23.2. The lowest BCUT2D eigenvalue weighted by Crippen LogP contribution is -2.47. The van der Waals surface area contributed by atoms with Crippen molar-refractivity contribution in [1.82, 2.24) is 14.7 Å². The molecular weight excluding hydrogens is 451 g/mol. The zero-order chi connectivity index (χ0) is 24.6. The molecule has 5 rings (SSSR count). The van der Waals surface area contributed by atoms with Gasteiger partial charge >= 0.3 is 0 Å². The Hall–Kier alpha value is -3.56. The maximum atomic E-state index is 13.5. The topological polar surface area (TPSA) is 85.7 Å². The maximum absolute atomic E-state index is 13.5. The maximum Gasteiger partial charge on any atom is 0.253 e. The molecule has 2 aliphatic heterocycles. The van der Waals surface area contributed by atoms with Crippen LogP contribution < -0.4 is 5.32 Å². The van der Waals surface area contributed by atoms with Crippen molar-refractivity contribution in [3.63, 3.8) is 0 Å². The van der Waals surface area contributed by atoms with E-state index in [-0.39, 0.29) is 17.6 Å². The van der Waals surface area contributed by atoms with Gasteiger partial charge in [-0.2, -0.15) is 5.10 Å². The zero-order valence-corrected chi connectivity index (χ0v) is 19.7. The van der Waals surface area contributed by atoms with E-state index in [0.717, 1.165) is 5.56 Å². The summed E-state index contributed by atoms with van der Waals surface area (Å²) in [7, 11) is 0. The molecule has 0 unspecified atom stereocenters. The number of nitrogens with zero attached hydrogens (tertiary/aromatic N) is 3. The van der Waals surface area contributed by atoms with Crippen LogP contribution in [0.1, 0.15) is 35.8 Å². The molecule has 1 spiro atoms. The van der Waals surface area contributed by atoms with Crippen LogP contribution in [0.15, 0.2) is 48.5 Å². The molecule has 0 atom stereocenters. The van der Waals surface area contributed by atoms with Crippen LogP contribution in [0.25, 0.3) is 16.8 Å². The Morgan fingerprint density at radius 2 is 1.63 bits per heavy atom. The van der Waals surface area contributed by atoms with E-state index in [1.54, 1.807) is 41.1 Å². The van der Waals surface area contributed by atoms with Gasteiger partial charge in [-0.1, -0.05) is 12.1 Å². The summed E-state index contributed by atoms with van der Waals surface area (Å²) >= 11 is 0. The number of likely N-dealkylation sites (tertiary alicyclic amines) is 1.